The SMILES string of the molecule is Cc1cc(OC(F)(F)F)ccc1-c1n[nH]c(=O)c2c1CCC2. The number of hydrogen-bond donors (Lipinski definition) is 1. The molecule has 0 unspecified atom stereocenters. The van der Waals surface area contributed by atoms with Gasteiger partial charge in [-0.05, 0) is 55.5 Å². The molecular formula is C15H13F3N2O2. The molecule has 1 aromatic carbocycles. The fourth-order valence-corrected chi connectivity index (χ4v) is 2.82. The van der Waals surface area contributed by atoms with E-state index in [0.717, 1.165) is 24.0 Å². The van der Waals surface area contributed by atoms with Gasteiger partial charge in [-0.25, -0.2) is 5.10 Å². The summed E-state index contributed by atoms with van der Waals surface area (Å²) in [6, 6.07) is 4.11. The first kappa shape index (κ1) is 14.6. The van der Waals surface area contributed by atoms with E-state index in [0.29, 0.717) is 23.2 Å². The highest BCUT2D eigenvalue weighted by molar-refractivity contribution is 5.69. The van der Waals surface area contributed by atoms with Crippen LogP contribution in [0.5, 0.6) is 5.75 Å². The summed E-state index contributed by atoms with van der Waals surface area (Å²) >= 11 is 0. The molecule has 1 aliphatic carbocycles. The average molecular weight is 310 g/mol. The standard InChI is InChI=1S/C15H13F3N2O2/c1-8-7-9(22-15(16,17)18)5-6-10(8)13-11-3-2-4-12(11)14(21)20-19-13/h5-7H,2-4H2,1H3,(H,20,21). The quantitative estimate of drug-likeness (QED) is 0.927. The third-order valence-corrected chi connectivity index (χ3v) is 3.73. The van der Waals surface area contributed by atoms with Crippen molar-refractivity contribution in [3.63, 3.8) is 0 Å². The van der Waals surface area contributed by atoms with E-state index in [4.69, 9.17) is 0 Å². The van der Waals surface area contributed by atoms with Crippen LogP contribution < -0.4 is 10.3 Å². The Morgan fingerprint density at radius 1 is 1.23 bits per heavy atom. The Morgan fingerprint density at radius 3 is 2.64 bits per heavy atom. The van der Waals surface area contributed by atoms with E-state index in [1.54, 1.807) is 6.92 Å². The molecule has 7 heteroatoms. The number of ether oxygens (including phenoxy) is 1. The summed E-state index contributed by atoms with van der Waals surface area (Å²) in [4.78, 5) is 11.7. The van der Waals surface area contributed by atoms with Gasteiger partial charge in [-0.1, -0.05) is 0 Å². The molecule has 0 saturated carbocycles. The molecule has 4 nitrogen and oxygen atoms in total. The summed E-state index contributed by atoms with van der Waals surface area (Å²) in [5.74, 6) is -0.269. The highest BCUT2D eigenvalue weighted by Crippen LogP contribution is 2.33. The highest BCUT2D eigenvalue weighted by Gasteiger charge is 2.31. The van der Waals surface area contributed by atoms with E-state index in [1.807, 2.05) is 0 Å². The number of hydrogen-bond acceptors (Lipinski definition) is 3. The molecule has 1 N–H and O–H groups in total. The third kappa shape index (κ3) is 2.70. The summed E-state index contributed by atoms with van der Waals surface area (Å²) in [5, 5.41) is 6.55. The molecule has 0 aliphatic heterocycles. The Morgan fingerprint density at radius 2 is 1.95 bits per heavy atom. The molecule has 0 bridgehead atoms. The lowest BCUT2D eigenvalue weighted by Gasteiger charge is -2.13. The van der Waals surface area contributed by atoms with Crippen molar-refractivity contribution < 1.29 is 17.9 Å². The molecule has 1 aliphatic rings. The maximum atomic E-state index is 12.2. The van der Waals surface area contributed by atoms with Gasteiger partial charge in [-0.2, -0.15) is 5.10 Å². The number of aryl methyl sites for hydroxylation is 1. The summed E-state index contributed by atoms with van der Waals surface area (Å²) in [7, 11) is 0. The number of alkyl halides is 3. The summed E-state index contributed by atoms with van der Waals surface area (Å²) < 4.78 is 40.6. The second-order valence-corrected chi connectivity index (χ2v) is 5.24. The summed E-state index contributed by atoms with van der Waals surface area (Å²) in [6.45, 7) is 1.69. The zero-order valence-corrected chi connectivity index (χ0v) is 11.8. The Kier molecular flexibility index (Phi) is 3.42. The van der Waals surface area contributed by atoms with Gasteiger partial charge in [0.15, 0.2) is 0 Å². The van der Waals surface area contributed by atoms with Gasteiger partial charge in [-0.15, -0.1) is 13.2 Å². The van der Waals surface area contributed by atoms with E-state index < -0.39 is 6.36 Å². The number of halogens is 3. The Bertz CT molecular complexity index is 781. The molecule has 22 heavy (non-hydrogen) atoms. The molecule has 0 amide bonds. The topological polar surface area (TPSA) is 55.0 Å². The molecule has 0 spiro atoms. The van der Waals surface area contributed by atoms with Crippen LogP contribution in [0.15, 0.2) is 23.0 Å². The molecule has 2 aromatic rings. The molecular weight excluding hydrogens is 297 g/mol. The predicted molar refractivity (Wildman–Crippen MR) is 73.7 cm³/mol. The molecule has 0 atom stereocenters. The van der Waals surface area contributed by atoms with Crippen LogP contribution in [0.25, 0.3) is 11.3 Å². The largest absolute Gasteiger partial charge is 0.573 e. The Hall–Kier alpha value is -2.31. The number of fused-ring (bicyclic) bond motifs is 1. The zero-order chi connectivity index (χ0) is 15.9. The Balaban J connectivity index is 2.04. The lowest BCUT2D eigenvalue weighted by Crippen LogP contribution is -2.17. The van der Waals surface area contributed by atoms with E-state index in [1.165, 1.54) is 18.2 Å². The van der Waals surface area contributed by atoms with Crippen LogP contribution in [0, 0.1) is 6.92 Å². The highest BCUT2D eigenvalue weighted by atomic mass is 19.4. The van der Waals surface area contributed by atoms with Crippen LogP contribution in [0.3, 0.4) is 0 Å². The summed E-state index contributed by atoms with van der Waals surface area (Å²) in [6.07, 6.45) is -2.38. The summed E-state index contributed by atoms with van der Waals surface area (Å²) in [5.41, 5.74) is 3.35. The molecule has 0 radical (unpaired) electrons. The van der Waals surface area contributed by atoms with Gasteiger partial charge in [0, 0.05) is 11.1 Å². The number of aromatic amines is 1. The average Bonchev–Trinajstić information content (AvgIpc) is 2.88. The first-order valence-corrected chi connectivity index (χ1v) is 6.82. The van der Waals surface area contributed by atoms with Gasteiger partial charge in [0.25, 0.3) is 5.56 Å². The van der Waals surface area contributed by atoms with Crippen molar-refractivity contribution >= 4 is 0 Å². The maximum Gasteiger partial charge on any atom is 0.573 e. The smallest absolute Gasteiger partial charge is 0.406 e. The van der Waals surface area contributed by atoms with Crippen LogP contribution in [0.1, 0.15) is 23.1 Å². The van der Waals surface area contributed by atoms with Crippen LogP contribution in [-0.4, -0.2) is 16.6 Å². The lowest BCUT2D eigenvalue weighted by molar-refractivity contribution is -0.274. The van der Waals surface area contributed by atoms with Crippen LogP contribution >= 0.6 is 0 Å². The molecule has 1 aromatic heterocycles. The van der Waals surface area contributed by atoms with Gasteiger partial charge in [-0.3, -0.25) is 4.79 Å². The minimum Gasteiger partial charge on any atom is -0.406 e. The van der Waals surface area contributed by atoms with Gasteiger partial charge in [0.2, 0.25) is 0 Å². The number of H-pyrrole nitrogens is 1. The van der Waals surface area contributed by atoms with Crippen LogP contribution in [0.2, 0.25) is 0 Å². The third-order valence-electron chi connectivity index (χ3n) is 3.73. The van der Waals surface area contributed by atoms with Crippen molar-refractivity contribution in [3.05, 3.63) is 45.2 Å². The fourth-order valence-electron chi connectivity index (χ4n) is 2.82. The van der Waals surface area contributed by atoms with Crippen molar-refractivity contribution in [2.45, 2.75) is 32.5 Å². The molecule has 116 valence electrons. The van der Waals surface area contributed by atoms with Crippen molar-refractivity contribution in [1.82, 2.24) is 10.2 Å². The first-order valence-electron chi connectivity index (χ1n) is 6.82. The van der Waals surface area contributed by atoms with Gasteiger partial charge in [0.05, 0.1) is 5.69 Å². The fraction of sp³-hybridized carbons (Fsp3) is 0.333. The van der Waals surface area contributed by atoms with Gasteiger partial charge in [0.1, 0.15) is 5.75 Å². The number of aromatic nitrogens is 2. The van der Waals surface area contributed by atoms with Gasteiger partial charge >= 0.3 is 6.36 Å². The number of nitrogens with one attached hydrogen (secondary N) is 1. The molecule has 1 heterocycles. The first-order chi connectivity index (χ1) is 10.3. The zero-order valence-electron chi connectivity index (χ0n) is 11.8. The second-order valence-electron chi connectivity index (χ2n) is 5.24. The molecule has 3 rings (SSSR count). The van der Waals surface area contributed by atoms with E-state index in [9.17, 15) is 18.0 Å². The molecule has 0 saturated heterocycles. The van der Waals surface area contributed by atoms with Crippen molar-refractivity contribution in [3.8, 4) is 17.0 Å². The van der Waals surface area contributed by atoms with Crippen LogP contribution in [-0.2, 0) is 12.8 Å². The monoisotopic (exact) mass is 310 g/mol. The van der Waals surface area contributed by atoms with Crippen molar-refractivity contribution in [2.75, 3.05) is 0 Å². The van der Waals surface area contributed by atoms with Crippen LogP contribution in [0.4, 0.5) is 13.2 Å². The maximum absolute atomic E-state index is 12.2. The van der Waals surface area contributed by atoms with E-state index in [-0.39, 0.29) is 11.3 Å². The predicted octanol–water partition coefficient (Wildman–Crippen LogP) is 3.13. The second kappa shape index (κ2) is 5.15. The van der Waals surface area contributed by atoms with E-state index >= 15 is 0 Å². The Labute approximate surface area is 123 Å². The lowest BCUT2D eigenvalue weighted by atomic mass is 10.00. The number of rotatable bonds is 2. The van der Waals surface area contributed by atoms with Crippen molar-refractivity contribution in [2.24, 2.45) is 0 Å². The van der Waals surface area contributed by atoms with Crippen molar-refractivity contribution in [1.29, 1.82) is 0 Å². The van der Waals surface area contributed by atoms with Gasteiger partial charge < -0.3 is 4.74 Å². The normalized spacial score (nSPS) is 14.0. The minimum atomic E-state index is -4.72. The number of nitrogens with zero attached hydrogens (tertiary/aromatic N) is 1. The molecule has 0 fully saturated rings. The van der Waals surface area contributed by atoms with E-state index in [2.05, 4.69) is 14.9 Å². The number of benzene rings is 1. The minimum absolute atomic E-state index is 0.189.